The van der Waals surface area contributed by atoms with Crippen molar-refractivity contribution in [2.24, 2.45) is 5.16 Å². The monoisotopic (exact) mass is 439 g/mol. The van der Waals surface area contributed by atoms with Gasteiger partial charge in [0, 0.05) is 11.5 Å². The average Bonchev–Trinajstić information content (AvgIpc) is 3.22. The van der Waals surface area contributed by atoms with E-state index in [1.165, 1.54) is 0 Å². The molecule has 0 amide bonds. The van der Waals surface area contributed by atoms with Crippen molar-refractivity contribution in [3.8, 4) is 0 Å². The van der Waals surface area contributed by atoms with E-state index in [9.17, 15) is 0 Å². The van der Waals surface area contributed by atoms with Crippen LogP contribution in [0.2, 0.25) is 0 Å². The van der Waals surface area contributed by atoms with Gasteiger partial charge >= 0.3 is 0 Å². The lowest BCUT2D eigenvalue weighted by atomic mass is 10.2. The molecule has 0 N–H and O–H groups in total. The van der Waals surface area contributed by atoms with Crippen LogP contribution in [0.3, 0.4) is 0 Å². The highest BCUT2D eigenvalue weighted by Gasteiger charge is 2.33. The van der Waals surface area contributed by atoms with Gasteiger partial charge in [-0.1, -0.05) is 35.5 Å². The molecule has 30 heavy (non-hydrogen) atoms. The molecule has 8 heteroatoms. The zero-order chi connectivity index (χ0) is 21.5. The van der Waals surface area contributed by atoms with Gasteiger partial charge in [0.05, 0.1) is 38.2 Å². The maximum absolute atomic E-state index is 5.86. The summed E-state index contributed by atoms with van der Waals surface area (Å²) in [6, 6.07) is 9.98. The van der Waals surface area contributed by atoms with Crippen molar-refractivity contribution < 1.29 is 28.5 Å². The lowest BCUT2D eigenvalue weighted by molar-refractivity contribution is -0.144. The molecule has 0 bridgehead atoms. The van der Waals surface area contributed by atoms with E-state index in [2.05, 4.69) is 5.16 Å². The number of oxime groups is 1. The van der Waals surface area contributed by atoms with Gasteiger partial charge in [0.15, 0.2) is 11.6 Å². The van der Waals surface area contributed by atoms with Gasteiger partial charge in [-0.05, 0) is 33.3 Å². The van der Waals surface area contributed by atoms with Crippen LogP contribution in [0.1, 0.15) is 33.3 Å². The van der Waals surface area contributed by atoms with E-state index in [0.29, 0.717) is 38.8 Å². The van der Waals surface area contributed by atoms with Gasteiger partial charge in [0.25, 0.3) is 0 Å². The van der Waals surface area contributed by atoms with Crippen molar-refractivity contribution in [3.05, 3.63) is 35.9 Å². The molecule has 0 saturated carbocycles. The van der Waals surface area contributed by atoms with Crippen molar-refractivity contribution in [2.75, 3.05) is 37.9 Å². The number of nitrogens with zero attached hydrogens (tertiary/aromatic N) is 1. The molecule has 1 aromatic carbocycles. The van der Waals surface area contributed by atoms with Gasteiger partial charge in [-0.3, -0.25) is 0 Å². The first-order valence-electron chi connectivity index (χ1n) is 10.3. The molecule has 0 radical (unpaired) electrons. The first kappa shape index (κ1) is 23.5. The first-order chi connectivity index (χ1) is 14.3. The minimum absolute atomic E-state index is 0.0644. The second kappa shape index (κ2) is 10.9. The van der Waals surface area contributed by atoms with Crippen molar-refractivity contribution in [3.63, 3.8) is 0 Å². The number of hydrogen-bond donors (Lipinski definition) is 0. The Morgan fingerprint density at radius 3 is 2.33 bits per heavy atom. The summed E-state index contributed by atoms with van der Waals surface area (Å²) in [5, 5.41) is 4.33. The van der Waals surface area contributed by atoms with E-state index in [0.717, 1.165) is 17.0 Å². The van der Waals surface area contributed by atoms with Crippen molar-refractivity contribution in [1.29, 1.82) is 0 Å². The van der Waals surface area contributed by atoms with Crippen LogP contribution in [0.15, 0.2) is 35.5 Å². The third kappa shape index (κ3) is 8.17. The van der Waals surface area contributed by atoms with Crippen LogP contribution in [-0.4, -0.2) is 67.4 Å². The highest BCUT2D eigenvalue weighted by Crippen LogP contribution is 2.25. The third-order valence-corrected chi connectivity index (χ3v) is 5.69. The fourth-order valence-corrected chi connectivity index (χ4v) is 4.09. The van der Waals surface area contributed by atoms with Crippen molar-refractivity contribution >= 4 is 17.5 Å². The van der Waals surface area contributed by atoms with Gasteiger partial charge in [-0.2, -0.15) is 11.8 Å². The first-order valence-corrected chi connectivity index (χ1v) is 11.5. The van der Waals surface area contributed by atoms with E-state index in [1.807, 2.05) is 58.0 Å². The fraction of sp³-hybridized carbons (Fsp3) is 0.682. The minimum Gasteiger partial charge on any atom is -0.391 e. The summed E-state index contributed by atoms with van der Waals surface area (Å²) in [4.78, 5) is 5.58. The lowest BCUT2D eigenvalue weighted by Gasteiger charge is -2.17. The van der Waals surface area contributed by atoms with Crippen LogP contribution in [0.5, 0.6) is 0 Å². The van der Waals surface area contributed by atoms with Gasteiger partial charge in [0.2, 0.25) is 0 Å². The molecule has 2 heterocycles. The Morgan fingerprint density at radius 1 is 1.03 bits per heavy atom. The van der Waals surface area contributed by atoms with Gasteiger partial charge < -0.3 is 28.5 Å². The van der Waals surface area contributed by atoms with Gasteiger partial charge in [0.1, 0.15) is 12.7 Å². The van der Waals surface area contributed by atoms with Gasteiger partial charge in [-0.15, -0.1) is 0 Å². The maximum atomic E-state index is 5.86. The summed E-state index contributed by atoms with van der Waals surface area (Å²) in [7, 11) is 0. The van der Waals surface area contributed by atoms with Gasteiger partial charge in [-0.25, -0.2) is 0 Å². The van der Waals surface area contributed by atoms with Crippen LogP contribution in [0.4, 0.5) is 0 Å². The molecule has 2 saturated heterocycles. The predicted molar refractivity (Wildman–Crippen MR) is 117 cm³/mol. The summed E-state index contributed by atoms with van der Waals surface area (Å²) in [5.41, 5.74) is 1.92. The van der Waals surface area contributed by atoms with E-state index in [4.69, 9.17) is 28.5 Å². The molecular formula is C22H33NO6S. The van der Waals surface area contributed by atoms with Crippen LogP contribution >= 0.6 is 11.8 Å². The smallest absolute Gasteiger partial charge is 0.163 e. The SMILES string of the molecule is CC1(C)OC[C@H](CSC/C(COC[C@H]2COC(C)(C)O2)=N/OCc2ccccc2)O1. The van der Waals surface area contributed by atoms with Crippen LogP contribution in [0.25, 0.3) is 0 Å². The molecule has 0 aliphatic carbocycles. The number of ether oxygens (including phenoxy) is 5. The molecule has 2 aliphatic rings. The molecule has 0 spiro atoms. The Labute approximate surface area is 183 Å². The molecule has 2 aliphatic heterocycles. The molecule has 7 nitrogen and oxygen atoms in total. The Bertz CT molecular complexity index is 647. The van der Waals surface area contributed by atoms with Crippen LogP contribution in [-0.2, 0) is 35.1 Å². The van der Waals surface area contributed by atoms with Crippen LogP contribution < -0.4 is 0 Å². The standard InChI is InChI=1S/C22H33NO6S/c1-21(2)25-13-19(28-21)12-24-11-18(23-27-10-17-8-6-5-7-9-17)15-30-16-20-14-26-22(3,4)29-20/h5-9,19-20H,10-16H2,1-4H3/b23-18+/t19-,20+/m0/s1. The zero-order valence-electron chi connectivity index (χ0n) is 18.3. The predicted octanol–water partition coefficient (Wildman–Crippen LogP) is 3.61. The zero-order valence-corrected chi connectivity index (χ0v) is 19.1. The molecule has 168 valence electrons. The Kier molecular flexibility index (Phi) is 8.56. The summed E-state index contributed by atoms with van der Waals surface area (Å²) < 4.78 is 28.7. The summed E-state index contributed by atoms with van der Waals surface area (Å²) in [6.07, 6.45) is 0.0223. The summed E-state index contributed by atoms with van der Waals surface area (Å²) in [5.74, 6) is 0.482. The number of benzene rings is 1. The molecule has 3 rings (SSSR count). The quantitative estimate of drug-likeness (QED) is 0.385. The highest BCUT2D eigenvalue weighted by atomic mass is 32.2. The maximum Gasteiger partial charge on any atom is 0.163 e. The van der Waals surface area contributed by atoms with E-state index in [1.54, 1.807) is 11.8 Å². The average molecular weight is 440 g/mol. The molecule has 2 atom stereocenters. The molecule has 1 aromatic rings. The van der Waals surface area contributed by atoms with Crippen LogP contribution in [0, 0.1) is 0 Å². The Morgan fingerprint density at radius 2 is 1.70 bits per heavy atom. The molecule has 0 aromatic heterocycles. The largest absolute Gasteiger partial charge is 0.391 e. The Hall–Kier alpha value is -1.16. The lowest BCUT2D eigenvalue weighted by Crippen LogP contribution is -2.25. The van der Waals surface area contributed by atoms with E-state index < -0.39 is 11.6 Å². The molecule has 2 fully saturated rings. The fourth-order valence-electron chi connectivity index (χ4n) is 3.17. The second-order valence-corrected chi connectivity index (χ2v) is 9.38. The number of rotatable bonds is 11. The second-order valence-electron chi connectivity index (χ2n) is 8.35. The minimum atomic E-state index is -0.545. The summed E-state index contributed by atoms with van der Waals surface area (Å²) >= 11 is 1.74. The van der Waals surface area contributed by atoms with Crippen molar-refractivity contribution in [1.82, 2.24) is 0 Å². The number of thioether (sulfide) groups is 1. The summed E-state index contributed by atoms with van der Waals surface area (Å²) in [6.45, 7) is 10.1. The topological polar surface area (TPSA) is 67.7 Å². The molecular weight excluding hydrogens is 406 g/mol. The normalized spacial score (nSPS) is 25.5. The van der Waals surface area contributed by atoms with E-state index >= 15 is 0 Å². The highest BCUT2D eigenvalue weighted by molar-refractivity contribution is 8.00. The molecule has 0 unspecified atom stereocenters. The van der Waals surface area contributed by atoms with E-state index in [-0.39, 0.29) is 12.2 Å². The number of hydrogen-bond acceptors (Lipinski definition) is 8. The third-order valence-electron chi connectivity index (χ3n) is 4.55. The van der Waals surface area contributed by atoms with Crippen molar-refractivity contribution in [2.45, 2.75) is 58.1 Å². The Balaban J connectivity index is 1.44.